The summed E-state index contributed by atoms with van der Waals surface area (Å²) in [6, 6.07) is 4.63. The SMILES string of the molecule is CNC(=O)c1ccc(C(=O)NC(C)(C)C)c(N)c1. The highest BCUT2D eigenvalue weighted by Crippen LogP contribution is 2.15. The number of carbonyl (C=O) groups excluding carboxylic acids is 2. The van der Waals surface area contributed by atoms with Gasteiger partial charge in [-0.15, -0.1) is 0 Å². The fourth-order valence-corrected chi connectivity index (χ4v) is 1.46. The molecule has 0 bridgehead atoms. The molecule has 0 unspecified atom stereocenters. The predicted molar refractivity (Wildman–Crippen MR) is 71.5 cm³/mol. The van der Waals surface area contributed by atoms with E-state index in [2.05, 4.69) is 10.6 Å². The van der Waals surface area contributed by atoms with Crippen molar-refractivity contribution in [2.75, 3.05) is 12.8 Å². The lowest BCUT2D eigenvalue weighted by atomic mass is 10.0. The quantitative estimate of drug-likeness (QED) is 0.687. The van der Waals surface area contributed by atoms with Crippen LogP contribution in [0.4, 0.5) is 5.69 Å². The molecule has 0 saturated heterocycles. The summed E-state index contributed by atoms with van der Waals surface area (Å²) in [6.45, 7) is 5.67. The van der Waals surface area contributed by atoms with Crippen molar-refractivity contribution in [3.8, 4) is 0 Å². The Hall–Kier alpha value is -2.04. The molecule has 1 rings (SSSR count). The van der Waals surface area contributed by atoms with Crippen molar-refractivity contribution in [2.45, 2.75) is 26.3 Å². The molecule has 1 aromatic rings. The molecular weight excluding hydrogens is 230 g/mol. The van der Waals surface area contributed by atoms with Gasteiger partial charge in [0.1, 0.15) is 0 Å². The van der Waals surface area contributed by atoms with Crippen LogP contribution >= 0.6 is 0 Å². The fraction of sp³-hybridized carbons (Fsp3) is 0.385. The van der Waals surface area contributed by atoms with Gasteiger partial charge in [0.2, 0.25) is 0 Å². The first-order valence-electron chi connectivity index (χ1n) is 5.68. The number of nitrogens with two attached hydrogens (primary N) is 1. The number of amides is 2. The van der Waals surface area contributed by atoms with Crippen molar-refractivity contribution in [1.82, 2.24) is 10.6 Å². The van der Waals surface area contributed by atoms with E-state index in [1.165, 1.54) is 6.07 Å². The third-order valence-corrected chi connectivity index (χ3v) is 2.27. The number of nitrogens with one attached hydrogen (secondary N) is 2. The van der Waals surface area contributed by atoms with Gasteiger partial charge in [-0.1, -0.05) is 0 Å². The first kappa shape index (κ1) is 14.0. The maximum Gasteiger partial charge on any atom is 0.253 e. The molecule has 0 heterocycles. The van der Waals surface area contributed by atoms with Crippen molar-refractivity contribution in [2.24, 2.45) is 0 Å². The largest absolute Gasteiger partial charge is 0.398 e. The Labute approximate surface area is 107 Å². The van der Waals surface area contributed by atoms with Crippen LogP contribution in [0, 0.1) is 0 Å². The Morgan fingerprint density at radius 2 is 1.78 bits per heavy atom. The standard InChI is InChI=1S/C13H19N3O2/c1-13(2,3)16-12(18)9-6-5-8(7-10(9)14)11(17)15-4/h5-7H,14H2,1-4H3,(H,15,17)(H,16,18). The molecule has 18 heavy (non-hydrogen) atoms. The highest BCUT2D eigenvalue weighted by molar-refractivity contribution is 6.02. The third kappa shape index (κ3) is 3.48. The van der Waals surface area contributed by atoms with Crippen LogP contribution in [0.15, 0.2) is 18.2 Å². The number of rotatable bonds is 2. The lowest BCUT2D eigenvalue weighted by Gasteiger charge is -2.21. The second kappa shape index (κ2) is 5.08. The van der Waals surface area contributed by atoms with E-state index < -0.39 is 0 Å². The van der Waals surface area contributed by atoms with Crippen molar-refractivity contribution in [3.05, 3.63) is 29.3 Å². The topological polar surface area (TPSA) is 84.2 Å². The van der Waals surface area contributed by atoms with E-state index in [-0.39, 0.29) is 23.0 Å². The van der Waals surface area contributed by atoms with Gasteiger partial charge in [0, 0.05) is 23.8 Å². The molecule has 0 saturated carbocycles. The molecule has 1 aromatic carbocycles. The minimum atomic E-state index is -0.330. The van der Waals surface area contributed by atoms with Crippen molar-refractivity contribution in [1.29, 1.82) is 0 Å². The summed E-state index contributed by atoms with van der Waals surface area (Å²) in [4.78, 5) is 23.3. The van der Waals surface area contributed by atoms with Gasteiger partial charge in [-0.05, 0) is 39.0 Å². The normalized spacial score (nSPS) is 10.9. The zero-order chi connectivity index (χ0) is 13.9. The molecule has 0 aliphatic heterocycles. The van der Waals surface area contributed by atoms with Gasteiger partial charge in [-0.25, -0.2) is 0 Å². The van der Waals surface area contributed by atoms with Gasteiger partial charge in [0.15, 0.2) is 0 Å². The van der Waals surface area contributed by atoms with Gasteiger partial charge >= 0.3 is 0 Å². The molecule has 5 nitrogen and oxygen atoms in total. The first-order valence-corrected chi connectivity index (χ1v) is 5.68. The third-order valence-electron chi connectivity index (χ3n) is 2.27. The van der Waals surface area contributed by atoms with Crippen LogP contribution in [-0.4, -0.2) is 24.4 Å². The second-order valence-corrected chi connectivity index (χ2v) is 5.09. The lowest BCUT2D eigenvalue weighted by Crippen LogP contribution is -2.40. The Bertz CT molecular complexity index is 476. The number of benzene rings is 1. The monoisotopic (exact) mass is 249 g/mol. The number of anilines is 1. The van der Waals surface area contributed by atoms with E-state index in [4.69, 9.17) is 5.73 Å². The van der Waals surface area contributed by atoms with Crippen molar-refractivity contribution < 1.29 is 9.59 Å². The van der Waals surface area contributed by atoms with Gasteiger partial charge in [0.05, 0.1) is 5.56 Å². The average Bonchev–Trinajstić information content (AvgIpc) is 2.25. The van der Waals surface area contributed by atoms with Gasteiger partial charge in [0.25, 0.3) is 11.8 Å². The first-order chi connectivity index (χ1) is 8.24. The van der Waals surface area contributed by atoms with Crippen molar-refractivity contribution >= 4 is 17.5 Å². The van der Waals surface area contributed by atoms with Gasteiger partial charge < -0.3 is 16.4 Å². The zero-order valence-corrected chi connectivity index (χ0v) is 11.1. The maximum atomic E-state index is 11.9. The smallest absolute Gasteiger partial charge is 0.253 e. The minimum absolute atomic E-state index is 0.232. The highest BCUT2D eigenvalue weighted by Gasteiger charge is 2.17. The molecule has 0 fully saturated rings. The van der Waals surface area contributed by atoms with Crippen molar-refractivity contribution in [3.63, 3.8) is 0 Å². The molecule has 98 valence electrons. The summed E-state index contributed by atoms with van der Waals surface area (Å²) in [5, 5.41) is 5.32. The summed E-state index contributed by atoms with van der Waals surface area (Å²) in [7, 11) is 1.54. The van der Waals surface area contributed by atoms with Crippen LogP contribution in [0.3, 0.4) is 0 Å². The molecule has 0 spiro atoms. The lowest BCUT2D eigenvalue weighted by molar-refractivity contribution is 0.0917. The van der Waals surface area contributed by atoms with Crippen LogP contribution in [0.1, 0.15) is 41.5 Å². The maximum absolute atomic E-state index is 11.9. The predicted octanol–water partition coefficient (Wildman–Crippen LogP) is 1.16. The van der Waals surface area contributed by atoms with E-state index in [0.29, 0.717) is 11.1 Å². The van der Waals surface area contributed by atoms with E-state index >= 15 is 0 Å². The van der Waals surface area contributed by atoms with Crippen LogP contribution in [0.2, 0.25) is 0 Å². The molecule has 0 atom stereocenters. The summed E-state index contributed by atoms with van der Waals surface area (Å²) in [6.07, 6.45) is 0. The number of hydrogen-bond donors (Lipinski definition) is 3. The van der Waals surface area contributed by atoms with Gasteiger partial charge in [-0.3, -0.25) is 9.59 Å². The molecule has 2 amide bonds. The molecule has 4 N–H and O–H groups in total. The summed E-state index contributed by atoms with van der Waals surface area (Å²) in [5.41, 5.74) is 6.56. The Kier molecular flexibility index (Phi) is 3.96. The van der Waals surface area contributed by atoms with Crippen LogP contribution in [-0.2, 0) is 0 Å². The van der Waals surface area contributed by atoms with Crippen LogP contribution in [0.5, 0.6) is 0 Å². The van der Waals surface area contributed by atoms with E-state index in [9.17, 15) is 9.59 Å². The molecule has 5 heteroatoms. The summed E-state index contributed by atoms with van der Waals surface area (Å²) >= 11 is 0. The molecule has 0 aromatic heterocycles. The van der Waals surface area contributed by atoms with E-state index in [1.54, 1.807) is 19.2 Å². The molecular formula is C13H19N3O2. The molecule has 0 aliphatic carbocycles. The van der Waals surface area contributed by atoms with E-state index in [0.717, 1.165) is 0 Å². The van der Waals surface area contributed by atoms with Crippen LogP contribution < -0.4 is 16.4 Å². The van der Waals surface area contributed by atoms with Gasteiger partial charge in [-0.2, -0.15) is 0 Å². The second-order valence-electron chi connectivity index (χ2n) is 5.09. The average molecular weight is 249 g/mol. The minimum Gasteiger partial charge on any atom is -0.398 e. The summed E-state index contributed by atoms with van der Waals surface area (Å²) < 4.78 is 0. The fourth-order valence-electron chi connectivity index (χ4n) is 1.46. The Morgan fingerprint density at radius 1 is 1.17 bits per heavy atom. The molecule has 0 radical (unpaired) electrons. The highest BCUT2D eigenvalue weighted by atomic mass is 16.2. The number of carbonyl (C=O) groups is 2. The molecule has 0 aliphatic rings. The van der Waals surface area contributed by atoms with Crippen LogP contribution in [0.25, 0.3) is 0 Å². The zero-order valence-electron chi connectivity index (χ0n) is 11.1. The summed E-state index contributed by atoms with van der Waals surface area (Å²) in [5.74, 6) is -0.479. The van der Waals surface area contributed by atoms with E-state index in [1.807, 2.05) is 20.8 Å². The number of nitrogen functional groups attached to an aromatic ring is 1. The Morgan fingerprint density at radius 3 is 2.22 bits per heavy atom. The Balaban J connectivity index is 2.99. The number of hydrogen-bond acceptors (Lipinski definition) is 3.